The van der Waals surface area contributed by atoms with E-state index in [1.165, 1.54) is 43.3 Å². The van der Waals surface area contributed by atoms with Gasteiger partial charge in [0, 0.05) is 24.6 Å². The lowest BCUT2D eigenvalue weighted by Gasteiger charge is -2.36. The van der Waals surface area contributed by atoms with Gasteiger partial charge < -0.3 is 5.32 Å². The van der Waals surface area contributed by atoms with Crippen molar-refractivity contribution in [3.63, 3.8) is 0 Å². The summed E-state index contributed by atoms with van der Waals surface area (Å²) in [6, 6.07) is 0. The molecule has 2 aliphatic heterocycles. The van der Waals surface area contributed by atoms with Gasteiger partial charge in [0.15, 0.2) is 0 Å². The Bertz CT molecular complexity index is 984. The molecule has 0 spiro atoms. The Balaban J connectivity index is 1.29. The standard InChI is InChI=1S/C36H56F2N2O/c1-6-33-31(19-15-29-11-13-30(14-12-29)23-40-21-7-20-36(37,38)24-40)16-8-25(2)22-34(33)28(5)26(3)9-17-32-18-10-27(4)39-35(32)41/h11-13,25-26,30-34H,4-10,14-24H2,1-3H3,(H,39,41). The van der Waals surface area contributed by atoms with Crippen LogP contribution >= 0.6 is 0 Å². The van der Waals surface area contributed by atoms with Crippen LogP contribution in [-0.2, 0) is 4.79 Å². The minimum Gasteiger partial charge on any atom is -0.330 e. The molecule has 0 aromatic carbocycles. The molecule has 0 radical (unpaired) electrons. The van der Waals surface area contributed by atoms with Gasteiger partial charge >= 0.3 is 0 Å². The molecule has 41 heavy (non-hydrogen) atoms. The van der Waals surface area contributed by atoms with E-state index in [0.717, 1.165) is 63.2 Å². The third-order valence-electron chi connectivity index (χ3n) is 10.8. The maximum atomic E-state index is 13.8. The number of nitrogens with zero attached hydrogens (tertiary/aromatic N) is 1. The van der Waals surface area contributed by atoms with Crippen molar-refractivity contribution in [2.45, 2.75) is 110 Å². The summed E-state index contributed by atoms with van der Waals surface area (Å²) >= 11 is 0. The molecule has 0 aromatic heterocycles. The molecule has 4 rings (SSSR count). The maximum Gasteiger partial charge on any atom is 0.260 e. The van der Waals surface area contributed by atoms with Crippen LogP contribution in [0.3, 0.4) is 0 Å². The number of rotatable bonds is 11. The van der Waals surface area contributed by atoms with E-state index in [1.807, 2.05) is 4.90 Å². The number of nitrogens with one attached hydrogen (secondary N) is 1. The van der Waals surface area contributed by atoms with Crippen molar-refractivity contribution in [1.29, 1.82) is 0 Å². The molecule has 2 heterocycles. The van der Waals surface area contributed by atoms with Gasteiger partial charge in [-0.3, -0.25) is 9.69 Å². The number of carbonyl (C=O) groups excluding carboxylic acids is 1. The van der Waals surface area contributed by atoms with Crippen LogP contribution in [0.2, 0.25) is 0 Å². The molecular weight excluding hydrogens is 514 g/mol. The fourth-order valence-electron chi connectivity index (χ4n) is 8.18. The minimum absolute atomic E-state index is 0.0376. The predicted octanol–water partition coefficient (Wildman–Crippen LogP) is 9.09. The number of carbonyl (C=O) groups is 1. The predicted molar refractivity (Wildman–Crippen MR) is 167 cm³/mol. The Morgan fingerprint density at radius 2 is 2.05 bits per heavy atom. The highest BCUT2D eigenvalue weighted by Gasteiger charge is 2.37. The van der Waals surface area contributed by atoms with Crippen LogP contribution in [0.4, 0.5) is 8.78 Å². The summed E-state index contributed by atoms with van der Waals surface area (Å²) in [4.78, 5) is 14.4. The normalized spacial score (nSPS) is 33.5. The van der Waals surface area contributed by atoms with Crippen LogP contribution in [0.5, 0.6) is 0 Å². The Labute approximate surface area is 249 Å². The molecule has 5 heteroatoms. The first-order valence-corrected chi connectivity index (χ1v) is 16.7. The van der Waals surface area contributed by atoms with Crippen LogP contribution < -0.4 is 5.32 Å². The van der Waals surface area contributed by atoms with E-state index in [9.17, 15) is 13.6 Å². The van der Waals surface area contributed by atoms with E-state index in [-0.39, 0.29) is 24.8 Å². The molecule has 7 atom stereocenters. The summed E-state index contributed by atoms with van der Waals surface area (Å²) in [7, 11) is 0. The number of likely N-dealkylation sites (tertiary alicyclic amines) is 1. The molecule has 3 nitrogen and oxygen atoms in total. The highest BCUT2D eigenvalue weighted by Crippen LogP contribution is 2.45. The minimum atomic E-state index is -2.52. The molecule has 1 N–H and O–H groups in total. The Morgan fingerprint density at radius 3 is 2.73 bits per heavy atom. The van der Waals surface area contributed by atoms with Crippen molar-refractivity contribution >= 4 is 5.91 Å². The fraction of sp³-hybridized carbons (Fsp3) is 0.750. The third-order valence-corrected chi connectivity index (χ3v) is 10.8. The van der Waals surface area contributed by atoms with Crippen molar-refractivity contribution in [1.82, 2.24) is 10.2 Å². The van der Waals surface area contributed by atoms with E-state index >= 15 is 0 Å². The molecule has 3 fully saturated rings. The molecule has 1 saturated carbocycles. The number of hydrogen-bond acceptors (Lipinski definition) is 2. The number of piperidine rings is 2. The first kappa shape index (κ1) is 32.2. The average molecular weight is 571 g/mol. The van der Waals surface area contributed by atoms with Gasteiger partial charge in [0.1, 0.15) is 0 Å². The Kier molecular flexibility index (Phi) is 11.5. The van der Waals surface area contributed by atoms with Crippen LogP contribution in [-0.4, -0.2) is 36.4 Å². The van der Waals surface area contributed by atoms with Gasteiger partial charge in [0.25, 0.3) is 5.92 Å². The quantitative estimate of drug-likeness (QED) is 0.198. The molecule has 1 amide bonds. The van der Waals surface area contributed by atoms with E-state index in [2.05, 4.69) is 50.9 Å². The highest BCUT2D eigenvalue weighted by atomic mass is 19.3. The van der Waals surface area contributed by atoms with Crippen molar-refractivity contribution in [2.24, 2.45) is 41.4 Å². The number of allylic oxidation sites excluding steroid dienone is 5. The highest BCUT2D eigenvalue weighted by molar-refractivity contribution is 5.81. The van der Waals surface area contributed by atoms with Crippen LogP contribution in [0, 0.1) is 41.4 Å². The molecule has 4 aliphatic rings. The largest absolute Gasteiger partial charge is 0.330 e. The SMILES string of the molecule is C=C1CCC(CCC(C)C(=C)C2CC(C)CCC(CCC3=CCC(CN4CCCC(F)(F)C4)C=C3)C2CC)C(=O)N1. The second kappa shape index (κ2) is 14.6. The lowest BCUT2D eigenvalue weighted by Crippen LogP contribution is -2.44. The van der Waals surface area contributed by atoms with Crippen molar-refractivity contribution in [2.75, 3.05) is 19.6 Å². The molecular formula is C36H56F2N2O. The Hall–Kier alpha value is -1.75. The van der Waals surface area contributed by atoms with Gasteiger partial charge in [-0.05, 0) is 106 Å². The first-order chi connectivity index (χ1) is 19.5. The van der Waals surface area contributed by atoms with Gasteiger partial charge in [-0.2, -0.15) is 0 Å². The maximum absolute atomic E-state index is 13.8. The summed E-state index contributed by atoms with van der Waals surface area (Å²) in [6.07, 6.45) is 19.7. The zero-order valence-electron chi connectivity index (χ0n) is 26.1. The van der Waals surface area contributed by atoms with Gasteiger partial charge in [-0.15, -0.1) is 0 Å². The Morgan fingerprint density at radius 1 is 1.24 bits per heavy atom. The van der Waals surface area contributed by atoms with Gasteiger partial charge in [0.05, 0.1) is 6.54 Å². The monoisotopic (exact) mass is 570 g/mol. The number of halogens is 2. The third kappa shape index (κ3) is 9.12. The van der Waals surface area contributed by atoms with Gasteiger partial charge in [0.2, 0.25) is 5.91 Å². The zero-order chi connectivity index (χ0) is 29.6. The van der Waals surface area contributed by atoms with Gasteiger partial charge in [-0.25, -0.2) is 8.78 Å². The number of alkyl halides is 2. The van der Waals surface area contributed by atoms with Gasteiger partial charge in [-0.1, -0.05) is 76.1 Å². The summed E-state index contributed by atoms with van der Waals surface area (Å²) in [5.74, 6) is 1.16. The van der Waals surface area contributed by atoms with Crippen molar-refractivity contribution in [3.05, 3.63) is 48.2 Å². The summed E-state index contributed by atoms with van der Waals surface area (Å²) in [5, 5.41) is 2.95. The fourth-order valence-corrected chi connectivity index (χ4v) is 8.18. The average Bonchev–Trinajstić information content (AvgIpc) is 3.09. The zero-order valence-corrected chi connectivity index (χ0v) is 26.1. The lowest BCUT2D eigenvalue weighted by molar-refractivity contribution is -0.125. The lowest BCUT2D eigenvalue weighted by atomic mass is 9.70. The van der Waals surface area contributed by atoms with Crippen LogP contribution in [0.15, 0.2) is 48.2 Å². The summed E-state index contributed by atoms with van der Waals surface area (Å²) < 4.78 is 27.7. The first-order valence-electron chi connectivity index (χ1n) is 16.7. The number of amides is 1. The topological polar surface area (TPSA) is 32.3 Å². The molecule has 0 bridgehead atoms. The molecule has 2 aliphatic carbocycles. The van der Waals surface area contributed by atoms with E-state index < -0.39 is 5.92 Å². The van der Waals surface area contributed by atoms with E-state index in [1.54, 1.807) is 0 Å². The molecule has 230 valence electrons. The van der Waals surface area contributed by atoms with Crippen molar-refractivity contribution < 1.29 is 13.6 Å². The van der Waals surface area contributed by atoms with Crippen LogP contribution in [0.1, 0.15) is 104 Å². The van der Waals surface area contributed by atoms with Crippen molar-refractivity contribution in [3.8, 4) is 0 Å². The molecule has 2 saturated heterocycles. The van der Waals surface area contributed by atoms with Crippen LogP contribution in [0.25, 0.3) is 0 Å². The molecule has 7 unspecified atom stereocenters. The summed E-state index contributed by atoms with van der Waals surface area (Å²) in [5.41, 5.74) is 3.70. The summed E-state index contributed by atoms with van der Waals surface area (Å²) in [6.45, 7) is 17.2. The second-order valence-electron chi connectivity index (χ2n) is 14.1. The number of hydrogen-bond donors (Lipinski definition) is 1. The smallest absolute Gasteiger partial charge is 0.260 e. The van der Waals surface area contributed by atoms with E-state index in [4.69, 9.17) is 6.58 Å². The second-order valence-corrected chi connectivity index (χ2v) is 14.1. The molecule has 0 aromatic rings. The van der Waals surface area contributed by atoms with E-state index in [0.29, 0.717) is 36.0 Å².